The number of carbonyl (C=O) groups is 3. The van der Waals surface area contributed by atoms with E-state index in [-0.39, 0.29) is 24.1 Å². The smallest absolute Gasteiger partial charge is 0.414 e. The molecule has 2 aliphatic heterocycles. The van der Waals surface area contributed by atoms with Crippen molar-refractivity contribution in [2.75, 3.05) is 31.1 Å². The lowest BCUT2D eigenvalue weighted by Gasteiger charge is -2.44. The Balaban J connectivity index is 1.72. The van der Waals surface area contributed by atoms with Gasteiger partial charge in [-0.3, -0.25) is 9.69 Å². The first-order valence-electron chi connectivity index (χ1n) is 9.92. The Labute approximate surface area is 171 Å². The summed E-state index contributed by atoms with van der Waals surface area (Å²) in [5.41, 5.74) is 0.586. The third-order valence-electron chi connectivity index (χ3n) is 5.04. The zero-order chi connectivity index (χ0) is 21.3. The van der Waals surface area contributed by atoms with Gasteiger partial charge in [0.15, 0.2) is 0 Å². The van der Waals surface area contributed by atoms with Crippen molar-refractivity contribution in [3.8, 4) is 0 Å². The first kappa shape index (κ1) is 21.0. The quantitative estimate of drug-likeness (QED) is 0.758. The van der Waals surface area contributed by atoms with Gasteiger partial charge in [0.1, 0.15) is 12.2 Å². The van der Waals surface area contributed by atoms with E-state index in [9.17, 15) is 14.4 Å². The summed E-state index contributed by atoms with van der Waals surface area (Å²) in [5.74, 6) is -0.123. The van der Waals surface area contributed by atoms with Gasteiger partial charge in [0.05, 0.1) is 6.54 Å². The Morgan fingerprint density at radius 2 is 1.76 bits per heavy atom. The second-order valence-corrected chi connectivity index (χ2v) is 8.60. The third kappa shape index (κ3) is 4.63. The molecule has 0 spiro atoms. The molecular formula is C21H29N3O5. The number of ether oxygens (including phenoxy) is 2. The molecule has 2 heterocycles. The van der Waals surface area contributed by atoms with Crippen molar-refractivity contribution in [3.63, 3.8) is 0 Å². The van der Waals surface area contributed by atoms with Crippen LogP contribution < -0.4 is 4.90 Å². The van der Waals surface area contributed by atoms with Crippen LogP contribution in [-0.2, 0) is 9.47 Å². The molecule has 0 aliphatic carbocycles. The van der Waals surface area contributed by atoms with Crippen molar-refractivity contribution in [2.45, 2.75) is 52.3 Å². The normalized spacial score (nSPS) is 22.5. The van der Waals surface area contributed by atoms with Crippen molar-refractivity contribution in [3.05, 3.63) is 29.8 Å². The Bertz CT molecular complexity index is 804. The topological polar surface area (TPSA) is 79.4 Å². The van der Waals surface area contributed by atoms with Gasteiger partial charge in [0.2, 0.25) is 0 Å². The number of rotatable bonds is 2. The van der Waals surface area contributed by atoms with E-state index >= 15 is 0 Å². The molecular weight excluding hydrogens is 374 g/mol. The summed E-state index contributed by atoms with van der Waals surface area (Å²) in [6.45, 7) is 11.0. The van der Waals surface area contributed by atoms with E-state index in [2.05, 4.69) is 0 Å². The van der Waals surface area contributed by atoms with Crippen LogP contribution in [0.3, 0.4) is 0 Å². The lowest BCUT2D eigenvalue weighted by molar-refractivity contribution is -0.00788. The average Bonchev–Trinajstić information content (AvgIpc) is 3.07. The first-order chi connectivity index (χ1) is 13.6. The van der Waals surface area contributed by atoms with E-state index in [1.807, 2.05) is 34.6 Å². The lowest BCUT2D eigenvalue weighted by atomic mass is 10.1. The highest BCUT2D eigenvalue weighted by Crippen LogP contribution is 2.24. The summed E-state index contributed by atoms with van der Waals surface area (Å²) >= 11 is 0. The van der Waals surface area contributed by atoms with Crippen LogP contribution in [0.25, 0.3) is 0 Å². The second kappa shape index (κ2) is 7.93. The predicted octanol–water partition coefficient (Wildman–Crippen LogP) is 3.11. The van der Waals surface area contributed by atoms with Gasteiger partial charge in [-0.15, -0.1) is 0 Å². The minimum Gasteiger partial charge on any atom is -0.447 e. The molecule has 8 heteroatoms. The largest absolute Gasteiger partial charge is 0.447 e. The van der Waals surface area contributed by atoms with Crippen LogP contribution >= 0.6 is 0 Å². The van der Waals surface area contributed by atoms with Crippen LogP contribution in [0.4, 0.5) is 15.3 Å². The van der Waals surface area contributed by atoms with E-state index in [1.165, 1.54) is 4.90 Å². The minimum atomic E-state index is -0.565. The van der Waals surface area contributed by atoms with E-state index in [1.54, 1.807) is 34.1 Å². The Morgan fingerprint density at radius 3 is 2.38 bits per heavy atom. The van der Waals surface area contributed by atoms with Crippen LogP contribution in [0, 0.1) is 0 Å². The molecule has 1 aromatic carbocycles. The molecule has 0 aromatic heterocycles. The van der Waals surface area contributed by atoms with Gasteiger partial charge in [0, 0.05) is 36.4 Å². The summed E-state index contributed by atoms with van der Waals surface area (Å²) in [6, 6.07) is 6.68. The zero-order valence-corrected chi connectivity index (χ0v) is 17.7. The summed E-state index contributed by atoms with van der Waals surface area (Å²) in [7, 11) is 0. The van der Waals surface area contributed by atoms with Crippen LogP contribution in [0.15, 0.2) is 24.3 Å². The highest BCUT2D eigenvalue weighted by Gasteiger charge is 2.37. The lowest BCUT2D eigenvalue weighted by Crippen LogP contribution is -2.60. The minimum absolute atomic E-state index is 0.123. The maximum atomic E-state index is 13.2. The number of benzene rings is 1. The molecule has 158 valence electrons. The summed E-state index contributed by atoms with van der Waals surface area (Å²) in [5, 5.41) is 0. The molecule has 2 saturated heterocycles. The number of hydrogen-bond donors (Lipinski definition) is 0. The molecule has 3 rings (SSSR count). The van der Waals surface area contributed by atoms with Crippen molar-refractivity contribution in [2.24, 2.45) is 0 Å². The van der Waals surface area contributed by atoms with E-state index < -0.39 is 11.7 Å². The fraction of sp³-hybridized carbons (Fsp3) is 0.571. The maximum absolute atomic E-state index is 13.2. The number of nitrogens with zero attached hydrogens (tertiary/aromatic N) is 3. The van der Waals surface area contributed by atoms with Gasteiger partial charge in [0.25, 0.3) is 5.91 Å². The molecule has 2 aliphatic rings. The Kier molecular flexibility index (Phi) is 5.73. The van der Waals surface area contributed by atoms with Crippen LogP contribution in [0.2, 0.25) is 0 Å². The van der Waals surface area contributed by atoms with Gasteiger partial charge >= 0.3 is 12.2 Å². The Hall–Kier alpha value is -2.77. The highest BCUT2D eigenvalue weighted by molar-refractivity contribution is 5.97. The van der Waals surface area contributed by atoms with Crippen LogP contribution in [0.1, 0.15) is 45.0 Å². The van der Waals surface area contributed by atoms with Crippen molar-refractivity contribution in [1.29, 1.82) is 0 Å². The monoisotopic (exact) mass is 403 g/mol. The molecule has 0 saturated carbocycles. The first-order valence-corrected chi connectivity index (χ1v) is 9.92. The fourth-order valence-corrected chi connectivity index (χ4v) is 3.59. The number of cyclic esters (lactones) is 1. The number of hydrogen-bond acceptors (Lipinski definition) is 5. The molecule has 2 fully saturated rings. The molecule has 8 nitrogen and oxygen atoms in total. The molecule has 0 radical (unpaired) electrons. The Morgan fingerprint density at radius 1 is 1.10 bits per heavy atom. The third-order valence-corrected chi connectivity index (χ3v) is 5.04. The molecule has 0 N–H and O–H groups in total. The fourth-order valence-electron chi connectivity index (χ4n) is 3.59. The van der Waals surface area contributed by atoms with Crippen LogP contribution in [0.5, 0.6) is 0 Å². The number of piperazine rings is 1. The van der Waals surface area contributed by atoms with Gasteiger partial charge in [-0.2, -0.15) is 0 Å². The molecule has 29 heavy (non-hydrogen) atoms. The zero-order valence-electron chi connectivity index (χ0n) is 17.7. The van der Waals surface area contributed by atoms with Gasteiger partial charge in [-0.1, -0.05) is 6.07 Å². The molecule has 3 amide bonds. The average molecular weight is 403 g/mol. The molecule has 0 unspecified atom stereocenters. The van der Waals surface area contributed by atoms with Gasteiger partial charge in [-0.25, -0.2) is 9.59 Å². The van der Waals surface area contributed by atoms with E-state index in [4.69, 9.17) is 9.47 Å². The van der Waals surface area contributed by atoms with Crippen molar-refractivity contribution < 1.29 is 23.9 Å². The number of carbonyl (C=O) groups excluding carboxylic acids is 3. The van der Waals surface area contributed by atoms with Crippen LogP contribution in [-0.4, -0.2) is 71.8 Å². The van der Waals surface area contributed by atoms with E-state index in [0.717, 1.165) is 0 Å². The maximum Gasteiger partial charge on any atom is 0.414 e. The molecule has 0 bridgehead atoms. The number of anilines is 1. The summed E-state index contributed by atoms with van der Waals surface area (Å²) in [4.78, 5) is 42.4. The van der Waals surface area contributed by atoms with E-state index in [0.29, 0.717) is 37.5 Å². The van der Waals surface area contributed by atoms with Gasteiger partial charge < -0.3 is 19.3 Å². The summed E-state index contributed by atoms with van der Waals surface area (Å²) in [6.07, 6.45) is -0.763. The second-order valence-electron chi connectivity index (χ2n) is 8.60. The number of amides is 3. The van der Waals surface area contributed by atoms with Crippen molar-refractivity contribution >= 4 is 23.8 Å². The van der Waals surface area contributed by atoms with Gasteiger partial charge in [-0.05, 0) is 52.8 Å². The summed E-state index contributed by atoms with van der Waals surface area (Å²) < 4.78 is 10.5. The molecule has 1 aromatic rings. The highest BCUT2D eigenvalue weighted by atomic mass is 16.6. The SMILES string of the molecule is C[C@H]1CN(C(=O)c2cccc(N3CCOC3=O)c2)[C@@H](C)CN1C(=O)OC(C)(C)C. The standard InChI is InChI=1S/C21H29N3O5/c1-14-13-24(20(27)29-21(3,4)5)15(2)12-23(14)18(25)16-7-6-8-17(11-16)22-9-10-28-19(22)26/h6-8,11,14-15H,9-10,12-13H2,1-5H3/t14-,15-/m0/s1. The molecule has 2 atom stereocenters. The van der Waals surface area contributed by atoms with Crippen molar-refractivity contribution in [1.82, 2.24) is 9.80 Å². The predicted molar refractivity (Wildman–Crippen MR) is 108 cm³/mol.